The largest absolute Gasteiger partial charge is 0.417 e. The van der Waals surface area contributed by atoms with Gasteiger partial charge < -0.3 is 10.3 Å². The maximum Gasteiger partial charge on any atom is 0.417 e. The van der Waals surface area contributed by atoms with Crippen molar-refractivity contribution in [3.05, 3.63) is 69.1 Å². The highest BCUT2D eigenvalue weighted by molar-refractivity contribution is 5.94. The van der Waals surface area contributed by atoms with Gasteiger partial charge in [0.15, 0.2) is 0 Å². The number of pyridine rings is 1. The molecule has 0 radical (unpaired) electrons. The lowest BCUT2D eigenvalue weighted by Gasteiger charge is -2.33. The second-order valence-electron chi connectivity index (χ2n) is 6.68. The Kier molecular flexibility index (Phi) is 5.36. The maximum absolute atomic E-state index is 12.8. The fraction of sp³-hybridized carbons (Fsp3) is 0.368. The zero-order chi connectivity index (χ0) is 19.6. The lowest BCUT2D eigenvalue weighted by molar-refractivity contribution is -0.137. The van der Waals surface area contributed by atoms with Gasteiger partial charge in [-0.15, -0.1) is 0 Å². The van der Waals surface area contributed by atoms with E-state index in [4.69, 9.17) is 0 Å². The van der Waals surface area contributed by atoms with E-state index in [2.05, 4.69) is 22.3 Å². The number of aromatic nitrogens is 1. The van der Waals surface area contributed by atoms with Gasteiger partial charge in [0.05, 0.1) is 5.56 Å². The molecule has 2 aromatic rings. The minimum atomic E-state index is -4.63. The smallest absolute Gasteiger partial charge is 0.350 e. The number of hydrogen-bond donors (Lipinski definition) is 2. The predicted octanol–water partition coefficient (Wildman–Crippen LogP) is 2.57. The summed E-state index contributed by atoms with van der Waals surface area (Å²) in [6.07, 6.45) is -3.16. The normalized spacial score (nSPS) is 15.9. The molecule has 27 heavy (non-hydrogen) atoms. The molecule has 2 N–H and O–H groups in total. The van der Waals surface area contributed by atoms with Gasteiger partial charge in [-0.25, -0.2) is 0 Å². The van der Waals surface area contributed by atoms with E-state index in [-0.39, 0.29) is 12.6 Å². The van der Waals surface area contributed by atoms with Crippen molar-refractivity contribution in [3.8, 4) is 0 Å². The molecular weight excluding hydrogens is 359 g/mol. The molecule has 1 aromatic carbocycles. The lowest BCUT2D eigenvalue weighted by atomic mass is 9.99. The molecule has 0 saturated heterocycles. The van der Waals surface area contributed by atoms with Crippen LogP contribution in [0.4, 0.5) is 13.2 Å². The number of amides is 1. The highest BCUT2D eigenvalue weighted by Gasteiger charge is 2.32. The van der Waals surface area contributed by atoms with Crippen LogP contribution in [0.15, 0.2) is 41.3 Å². The Bertz CT molecular complexity index is 892. The van der Waals surface area contributed by atoms with Crippen LogP contribution in [0, 0.1) is 0 Å². The molecule has 0 aliphatic carbocycles. The summed E-state index contributed by atoms with van der Waals surface area (Å²) in [6.45, 7) is 3.75. The second-order valence-corrected chi connectivity index (χ2v) is 6.68. The molecule has 144 valence electrons. The van der Waals surface area contributed by atoms with E-state index in [9.17, 15) is 22.8 Å². The number of benzene rings is 1. The van der Waals surface area contributed by atoms with Gasteiger partial charge in [-0.3, -0.25) is 14.5 Å². The molecule has 0 saturated carbocycles. The van der Waals surface area contributed by atoms with Crippen molar-refractivity contribution in [1.29, 1.82) is 0 Å². The molecule has 1 aliphatic rings. The molecule has 1 atom stereocenters. The summed E-state index contributed by atoms with van der Waals surface area (Å²) < 4.78 is 38.3. The maximum atomic E-state index is 12.8. The summed E-state index contributed by atoms with van der Waals surface area (Å²) in [6, 6.07) is 8.70. The number of H-pyrrole nitrogens is 1. The van der Waals surface area contributed by atoms with Crippen molar-refractivity contribution < 1.29 is 18.0 Å². The number of halogens is 3. The Labute approximate surface area is 154 Å². The van der Waals surface area contributed by atoms with E-state index in [0.29, 0.717) is 12.3 Å². The van der Waals surface area contributed by atoms with E-state index in [1.807, 2.05) is 24.0 Å². The van der Waals surface area contributed by atoms with E-state index in [1.165, 1.54) is 11.1 Å². The number of hydrogen-bond acceptors (Lipinski definition) is 3. The molecule has 2 heterocycles. The average molecular weight is 379 g/mol. The van der Waals surface area contributed by atoms with Crippen molar-refractivity contribution >= 4 is 5.91 Å². The third-order valence-electron chi connectivity index (χ3n) is 4.82. The number of fused-ring (bicyclic) bond motifs is 1. The van der Waals surface area contributed by atoms with Crippen molar-refractivity contribution in [2.75, 3.05) is 13.1 Å². The van der Waals surface area contributed by atoms with Crippen LogP contribution in [-0.2, 0) is 19.1 Å². The molecule has 1 aliphatic heterocycles. The third-order valence-corrected chi connectivity index (χ3v) is 4.82. The van der Waals surface area contributed by atoms with Gasteiger partial charge in [-0.2, -0.15) is 13.2 Å². The summed E-state index contributed by atoms with van der Waals surface area (Å²) in [7, 11) is 0. The monoisotopic (exact) mass is 379 g/mol. The summed E-state index contributed by atoms with van der Waals surface area (Å²) >= 11 is 0. The van der Waals surface area contributed by atoms with E-state index in [0.717, 1.165) is 19.5 Å². The molecule has 0 bridgehead atoms. The van der Waals surface area contributed by atoms with Crippen LogP contribution in [0.5, 0.6) is 0 Å². The first-order chi connectivity index (χ1) is 12.8. The zero-order valence-corrected chi connectivity index (χ0v) is 14.8. The first-order valence-corrected chi connectivity index (χ1v) is 8.64. The quantitative estimate of drug-likeness (QED) is 0.858. The Morgan fingerprint density at radius 1 is 1.30 bits per heavy atom. The molecule has 0 fully saturated rings. The number of carbonyl (C=O) groups is 1. The van der Waals surface area contributed by atoms with Crippen LogP contribution < -0.4 is 10.9 Å². The molecule has 3 rings (SSSR count). The molecular formula is C19H20F3N3O2. The predicted molar refractivity (Wildman–Crippen MR) is 94.4 cm³/mol. The lowest BCUT2D eigenvalue weighted by Crippen LogP contribution is -2.45. The van der Waals surface area contributed by atoms with Crippen molar-refractivity contribution in [2.24, 2.45) is 0 Å². The van der Waals surface area contributed by atoms with Crippen LogP contribution in [0.25, 0.3) is 0 Å². The van der Waals surface area contributed by atoms with Gasteiger partial charge in [-0.05, 0) is 30.5 Å². The standard InChI is InChI=1S/C19H20F3N3O2/c1-12(25-7-6-13-4-2-3-5-14(13)11-25)9-23-17(26)16-8-15(19(20,21)22)10-24-18(16)27/h2-5,8,10,12H,6-7,9,11H2,1H3,(H,23,26)(H,24,27). The number of alkyl halides is 3. The molecule has 1 amide bonds. The SMILES string of the molecule is CC(CNC(=O)c1cc(C(F)(F)F)c[nH]c1=O)N1CCc2ccccc2C1. The van der Waals surface area contributed by atoms with Crippen LogP contribution in [0.1, 0.15) is 34.0 Å². The van der Waals surface area contributed by atoms with Gasteiger partial charge in [0, 0.05) is 31.9 Å². The minimum absolute atomic E-state index is 0.0211. The summed E-state index contributed by atoms with van der Waals surface area (Å²) in [5.41, 5.74) is 0.0886. The Morgan fingerprint density at radius 2 is 2.00 bits per heavy atom. The highest BCUT2D eigenvalue weighted by Crippen LogP contribution is 2.28. The topological polar surface area (TPSA) is 65.2 Å². The summed E-state index contributed by atoms with van der Waals surface area (Å²) in [5, 5.41) is 2.57. The Balaban J connectivity index is 1.63. The van der Waals surface area contributed by atoms with E-state index in [1.54, 1.807) is 0 Å². The van der Waals surface area contributed by atoms with Crippen LogP contribution in [0.2, 0.25) is 0 Å². The third kappa shape index (κ3) is 4.39. The van der Waals surface area contributed by atoms with Crippen LogP contribution >= 0.6 is 0 Å². The van der Waals surface area contributed by atoms with Gasteiger partial charge in [0.25, 0.3) is 11.5 Å². The Morgan fingerprint density at radius 3 is 2.70 bits per heavy atom. The van der Waals surface area contributed by atoms with Crippen molar-refractivity contribution in [1.82, 2.24) is 15.2 Å². The fourth-order valence-electron chi connectivity index (χ4n) is 3.17. The first-order valence-electron chi connectivity index (χ1n) is 8.64. The highest BCUT2D eigenvalue weighted by atomic mass is 19.4. The fourth-order valence-corrected chi connectivity index (χ4v) is 3.17. The van der Waals surface area contributed by atoms with E-state index < -0.39 is 28.8 Å². The van der Waals surface area contributed by atoms with Gasteiger partial charge in [-0.1, -0.05) is 24.3 Å². The van der Waals surface area contributed by atoms with Crippen molar-refractivity contribution in [3.63, 3.8) is 0 Å². The summed E-state index contributed by atoms with van der Waals surface area (Å²) in [5.74, 6) is -0.813. The number of rotatable bonds is 4. The zero-order valence-electron chi connectivity index (χ0n) is 14.8. The van der Waals surface area contributed by atoms with Gasteiger partial charge in [0.2, 0.25) is 0 Å². The minimum Gasteiger partial charge on any atom is -0.350 e. The summed E-state index contributed by atoms with van der Waals surface area (Å²) in [4.78, 5) is 28.1. The van der Waals surface area contributed by atoms with E-state index >= 15 is 0 Å². The number of nitrogens with one attached hydrogen (secondary N) is 2. The van der Waals surface area contributed by atoms with Gasteiger partial charge >= 0.3 is 6.18 Å². The molecule has 8 heteroatoms. The first kappa shape index (κ1) is 19.2. The Hall–Kier alpha value is -2.61. The molecule has 1 unspecified atom stereocenters. The van der Waals surface area contributed by atoms with Gasteiger partial charge in [0.1, 0.15) is 5.56 Å². The average Bonchev–Trinajstić information content (AvgIpc) is 2.64. The van der Waals surface area contributed by atoms with Crippen molar-refractivity contribution in [2.45, 2.75) is 32.1 Å². The molecule has 1 aromatic heterocycles. The number of aromatic amines is 1. The van der Waals surface area contributed by atoms with Crippen LogP contribution in [0.3, 0.4) is 0 Å². The van der Waals surface area contributed by atoms with Crippen LogP contribution in [-0.4, -0.2) is 34.9 Å². The molecule has 0 spiro atoms. The number of carbonyl (C=O) groups excluding carboxylic acids is 1. The second kappa shape index (κ2) is 7.56. The molecule has 5 nitrogen and oxygen atoms in total. The number of nitrogens with zero attached hydrogens (tertiary/aromatic N) is 1.